The van der Waals surface area contributed by atoms with Crippen molar-refractivity contribution in [2.45, 2.75) is 38.7 Å². The van der Waals surface area contributed by atoms with Gasteiger partial charge in [0.25, 0.3) is 0 Å². The van der Waals surface area contributed by atoms with Crippen LogP contribution in [-0.2, 0) is 0 Å². The first kappa shape index (κ1) is 14.6. The number of hydrogen-bond acceptors (Lipinski definition) is 2. The summed E-state index contributed by atoms with van der Waals surface area (Å²) in [6.45, 7) is 5.41. The molecule has 0 saturated heterocycles. The summed E-state index contributed by atoms with van der Waals surface area (Å²) in [6, 6.07) is 0. The zero-order chi connectivity index (χ0) is 12.1. The molecule has 0 atom stereocenters. The van der Waals surface area contributed by atoms with E-state index in [0.717, 1.165) is 0 Å². The second-order valence-corrected chi connectivity index (χ2v) is 4.08. The van der Waals surface area contributed by atoms with Crippen LogP contribution in [0.15, 0.2) is 0 Å². The SMILES string of the molecule is CCNC(C)(C)CNCC(F)(F)C(F)F. The second kappa shape index (κ2) is 5.65. The normalized spacial score (nSPS) is 13.6. The van der Waals surface area contributed by atoms with Crippen LogP contribution in [0, 0.1) is 0 Å². The Morgan fingerprint density at radius 3 is 2.07 bits per heavy atom. The minimum Gasteiger partial charge on any atom is -0.311 e. The third-order valence-electron chi connectivity index (χ3n) is 1.90. The topological polar surface area (TPSA) is 24.1 Å². The minimum atomic E-state index is -3.96. The average Bonchev–Trinajstić information content (AvgIpc) is 2.02. The molecule has 92 valence electrons. The molecule has 2 nitrogen and oxygen atoms in total. The van der Waals surface area contributed by atoms with Gasteiger partial charge in [-0.25, -0.2) is 8.78 Å². The van der Waals surface area contributed by atoms with Gasteiger partial charge in [0.2, 0.25) is 0 Å². The maximum Gasteiger partial charge on any atom is 0.319 e. The molecule has 0 unspecified atom stereocenters. The van der Waals surface area contributed by atoms with E-state index in [1.807, 2.05) is 20.8 Å². The Labute approximate surface area is 87.4 Å². The van der Waals surface area contributed by atoms with Gasteiger partial charge in [-0.05, 0) is 20.4 Å². The molecular formula is C9H18F4N2. The van der Waals surface area contributed by atoms with E-state index in [1.165, 1.54) is 0 Å². The molecule has 0 aliphatic heterocycles. The summed E-state index contributed by atoms with van der Waals surface area (Å²) in [4.78, 5) is 0. The lowest BCUT2D eigenvalue weighted by Crippen LogP contribution is -2.50. The Kier molecular flexibility index (Phi) is 5.51. The molecule has 0 fully saturated rings. The van der Waals surface area contributed by atoms with Crippen LogP contribution in [0.25, 0.3) is 0 Å². The highest BCUT2D eigenvalue weighted by molar-refractivity contribution is 4.81. The van der Waals surface area contributed by atoms with Gasteiger partial charge in [0.15, 0.2) is 0 Å². The molecule has 0 saturated carbocycles. The van der Waals surface area contributed by atoms with Gasteiger partial charge in [0.1, 0.15) is 0 Å². The predicted octanol–water partition coefficient (Wildman–Crippen LogP) is 1.86. The standard InChI is InChI=1S/C9H18F4N2/c1-4-15-8(2,3)5-14-6-9(12,13)7(10)11/h7,14-15H,4-6H2,1-3H3. The molecule has 0 spiro atoms. The molecule has 2 N–H and O–H groups in total. The molecule has 0 heterocycles. The fraction of sp³-hybridized carbons (Fsp3) is 1.00. The van der Waals surface area contributed by atoms with Crippen LogP contribution < -0.4 is 10.6 Å². The first-order chi connectivity index (χ1) is 6.71. The van der Waals surface area contributed by atoms with Crippen molar-refractivity contribution in [2.24, 2.45) is 0 Å². The molecule has 0 radical (unpaired) electrons. The number of rotatable bonds is 7. The highest BCUT2D eigenvalue weighted by atomic mass is 19.3. The van der Waals surface area contributed by atoms with Gasteiger partial charge >= 0.3 is 12.3 Å². The molecular weight excluding hydrogens is 212 g/mol. The van der Waals surface area contributed by atoms with Crippen LogP contribution in [-0.4, -0.2) is 37.5 Å². The maximum atomic E-state index is 12.5. The van der Waals surface area contributed by atoms with Crippen molar-refractivity contribution < 1.29 is 17.6 Å². The minimum absolute atomic E-state index is 0.211. The Balaban J connectivity index is 3.88. The molecule has 0 amide bonds. The van der Waals surface area contributed by atoms with Crippen molar-refractivity contribution in [3.8, 4) is 0 Å². The van der Waals surface area contributed by atoms with E-state index in [1.54, 1.807) is 0 Å². The lowest BCUT2D eigenvalue weighted by Gasteiger charge is -2.27. The smallest absolute Gasteiger partial charge is 0.311 e. The van der Waals surface area contributed by atoms with Gasteiger partial charge in [-0.3, -0.25) is 0 Å². The maximum absolute atomic E-state index is 12.5. The van der Waals surface area contributed by atoms with Gasteiger partial charge in [-0.1, -0.05) is 6.92 Å². The van der Waals surface area contributed by atoms with Crippen LogP contribution in [0.2, 0.25) is 0 Å². The predicted molar refractivity (Wildman–Crippen MR) is 51.6 cm³/mol. The summed E-state index contributed by atoms with van der Waals surface area (Å²) in [6.07, 6.45) is -3.62. The van der Waals surface area contributed by atoms with Crippen LogP contribution in [0.4, 0.5) is 17.6 Å². The summed E-state index contributed by atoms with van der Waals surface area (Å²) in [5.41, 5.74) is -0.382. The van der Waals surface area contributed by atoms with Gasteiger partial charge < -0.3 is 10.6 Å². The second-order valence-electron chi connectivity index (χ2n) is 4.08. The van der Waals surface area contributed by atoms with Crippen LogP contribution in [0.3, 0.4) is 0 Å². The van der Waals surface area contributed by atoms with Crippen molar-refractivity contribution in [1.29, 1.82) is 0 Å². The summed E-state index contributed by atoms with van der Waals surface area (Å²) in [5, 5.41) is 5.38. The first-order valence-electron chi connectivity index (χ1n) is 4.83. The van der Waals surface area contributed by atoms with Crippen LogP contribution in [0.5, 0.6) is 0 Å². The fourth-order valence-electron chi connectivity index (χ4n) is 1.16. The molecule has 0 aliphatic rings. The van der Waals surface area contributed by atoms with Crippen LogP contribution >= 0.6 is 0 Å². The Bertz CT molecular complexity index is 183. The monoisotopic (exact) mass is 230 g/mol. The highest BCUT2D eigenvalue weighted by Crippen LogP contribution is 2.21. The van der Waals surface area contributed by atoms with Crippen molar-refractivity contribution >= 4 is 0 Å². The van der Waals surface area contributed by atoms with E-state index in [9.17, 15) is 17.6 Å². The Morgan fingerprint density at radius 1 is 1.13 bits per heavy atom. The zero-order valence-corrected chi connectivity index (χ0v) is 9.21. The molecule has 6 heteroatoms. The summed E-state index contributed by atoms with van der Waals surface area (Å²) in [7, 11) is 0. The van der Waals surface area contributed by atoms with Gasteiger partial charge in [-0.15, -0.1) is 0 Å². The number of halogens is 4. The van der Waals surface area contributed by atoms with E-state index in [0.29, 0.717) is 6.54 Å². The first-order valence-corrected chi connectivity index (χ1v) is 4.83. The molecule has 0 rings (SSSR count). The highest BCUT2D eigenvalue weighted by Gasteiger charge is 2.40. The summed E-state index contributed by atoms with van der Waals surface area (Å²) in [5.74, 6) is -3.96. The van der Waals surface area contributed by atoms with Gasteiger partial charge in [-0.2, -0.15) is 8.78 Å². The van der Waals surface area contributed by atoms with Crippen molar-refractivity contribution in [3.63, 3.8) is 0 Å². The third kappa shape index (κ3) is 5.94. The van der Waals surface area contributed by atoms with E-state index in [2.05, 4.69) is 10.6 Å². The quantitative estimate of drug-likeness (QED) is 0.652. The molecule has 0 bridgehead atoms. The van der Waals surface area contributed by atoms with E-state index in [4.69, 9.17) is 0 Å². The van der Waals surface area contributed by atoms with E-state index >= 15 is 0 Å². The fourth-order valence-corrected chi connectivity index (χ4v) is 1.16. The van der Waals surface area contributed by atoms with E-state index < -0.39 is 18.9 Å². The van der Waals surface area contributed by atoms with Crippen molar-refractivity contribution in [1.82, 2.24) is 10.6 Å². The number of hydrogen-bond donors (Lipinski definition) is 2. The molecule has 0 aromatic heterocycles. The molecule has 0 aliphatic carbocycles. The third-order valence-corrected chi connectivity index (χ3v) is 1.90. The number of nitrogens with one attached hydrogen (secondary N) is 2. The molecule has 0 aromatic rings. The largest absolute Gasteiger partial charge is 0.319 e. The van der Waals surface area contributed by atoms with Crippen molar-refractivity contribution in [2.75, 3.05) is 19.6 Å². The molecule has 0 aromatic carbocycles. The number of likely N-dealkylation sites (N-methyl/N-ethyl adjacent to an activating group) is 1. The Hall–Kier alpha value is -0.360. The zero-order valence-electron chi connectivity index (χ0n) is 9.21. The van der Waals surface area contributed by atoms with Gasteiger partial charge in [0.05, 0.1) is 6.54 Å². The Morgan fingerprint density at radius 2 is 1.67 bits per heavy atom. The van der Waals surface area contributed by atoms with Crippen LogP contribution in [0.1, 0.15) is 20.8 Å². The summed E-state index contributed by atoms with van der Waals surface area (Å²) < 4.78 is 48.5. The average molecular weight is 230 g/mol. The lowest BCUT2D eigenvalue weighted by atomic mass is 10.1. The van der Waals surface area contributed by atoms with Crippen molar-refractivity contribution in [3.05, 3.63) is 0 Å². The lowest BCUT2D eigenvalue weighted by molar-refractivity contribution is -0.125. The van der Waals surface area contributed by atoms with Gasteiger partial charge in [0, 0.05) is 12.1 Å². The number of alkyl halides is 4. The molecule has 15 heavy (non-hydrogen) atoms. The van der Waals surface area contributed by atoms with E-state index in [-0.39, 0.29) is 12.1 Å². The summed E-state index contributed by atoms with van der Waals surface area (Å²) >= 11 is 0.